The Kier molecular flexibility index (Phi) is 6.81. The van der Waals surface area contributed by atoms with Crippen molar-refractivity contribution in [2.75, 3.05) is 20.8 Å². The number of hydrogen-bond acceptors (Lipinski definition) is 7. The van der Waals surface area contributed by atoms with Crippen LogP contribution in [0.15, 0.2) is 48.5 Å². The van der Waals surface area contributed by atoms with Crippen LogP contribution >= 0.6 is 0 Å². The number of carbonyl (C=O) groups excluding carboxylic acids is 2. The van der Waals surface area contributed by atoms with Crippen molar-refractivity contribution in [3.05, 3.63) is 59.7 Å². The molecular formula is C27H32N2O7. The third-order valence-electron chi connectivity index (χ3n) is 6.91. The van der Waals surface area contributed by atoms with Crippen LogP contribution in [0.25, 0.3) is 0 Å². The van der Waals surface area contributed by atoms with Crippen molar-refractivity contribution < 1.29 is 33.7 Å². The maximum atomic E-state index is 13.7. The number of ether oxygens (including phenoxy) is 3. The number of nitrogens with one attached hydrogen (secondary N) is 1. The number of rotatable bonds is 8. The van der Waals surface area contributed by atoms with Crippen LogP contribution in [0.2, 0.25) is 0 Å². The Bertz CT molecular complexity index is 1160. The molecule has 2 saturated heterocycles. The van der Waals surface area contributed by atoms with Gasteiger partial charge in [-0.1, -0.05) is 36.4 Å². The summed E-state index contributed by atoms with van der Waals surface area (Å²) >= 11 is 0. The van der Waals surface area contributed by atoms with E-state index in [1.165, 1.54) is 19.1 Å². The number of methoxy groups -OCH3 is 2. The summed E-state index contributed by atoms with van der Waals surface area (Å²) in [5.74, 6) is -3.30. The molecule has 0 spiro atoms. The Hall–Kier alpha value is -3.43. The van der Waals surface area contributed by atoms with Crippen molar-refractivity contribution >= 4 is 17.8 Å². The first kappa shape index (κ1) is 25.7. The van der Waals surface area contributed by atoms with Crippen LogP contribution in [-0.4, -0.2) is 59.7 Å². The molecule has 9 heteroatoms. The monoisotopic (exact) mass is 496 g/mol. The van der Waals surface area contributed by atoms with E-state index < -0.39 is 46.7 Å². The number of likely N-dealkylation sites (tertiary alicyclic amines) is 1. The first-order valence-electron chi connectivity index (χ1n) is 11.8. The maximum Gasteiger partial charge on any atom is 0.327 e. The van der Waals surface area contributed by atoms with E-state index in [2.05, 4.69) is 5.32 Å². The van der Waals surface area contributed by atoms with Crippen LogP contribution < -0.4 is 14.8 Å². The van der Waals surface area contributed by atoms with E-state index in [0.29, 0.717) is 17.1 Å². The number of carboxylic acids is 1. The van der Waals surface area contributed by atoms with Gasteiger partial charge in [-0.25, -0.2) is 0 Å². The first-order valence-corrected chi connectivity index (χ1v) is 11.8. The third kappa shape index (κ3) is 4.22. The lowest BCUT2D eigenvalue weighted by molar-refractivity contribution is -0.156. The minimum atomic E-state index is -1.80. The Morgan fingerprint density at radius 3 is 2.28 bits per heavy atom. The standard InChI is InChI=1S/C27H32N2O7/c1-26(2,3)29-23(30)20-21(24(29)31)27(25(32)33,15-36-14-16-9-7-6-8-10-16)28-22(20)17-11-12-18(34-4)19(13-17)35-5/h6-13,20-22,28H,14-15H2,1-5H3,(H,32,33). The van der Waals surface area contributed by atoms with Crippen molar-refractivity contribution in [1.82, 2.24) is 10.2 Å². The van der Waals surface area contributed by atoms with Crippen LogP contribution in [0, 0.1) is 11.8 Å². The van der Waals surface area contributed by atoms with Crippen molar-refractivity contribution in [3.8, 4) is 11.5 Å². The zero-order chi connectivity index (χ0) is 26.3. The molecule has 4 atom stereocenters. The maximum absolute atomic E-state index is 13.7. The summed E-state index contributed by atoms with van der Waals surface area (Å²) < 4.78 is 16.6. The van der Waals surface area contributed by atoms with Gasteiger partial charge < -0.3 is 19.3 Å². The molecule has 2 aliphatic heterocycles. The van der Waals surface area contributed by atoms with Gasteiger partial charge in [0.05, 0.1) is 39.3 Å². The van der Waals surface area contributed by atoms with E-state index in [-0.39, 0.29) is 13.2 Å². The van der Waals surface area contributed by atoms with Gasteiger partial charge in [0, 0.05) is 11.6 Å². The lowest BCUT2D eigenvalue weighted by atomic mass is 9.79. The second-order valence-corrected chi connectivity index (χ2v) is 10.2. The molecule has 0 aromatic heterocycles. The molecule has 2 heterocycles. The van der Waals surface area contributed by atoms with Gasteiger partial charge in [-0.3, -0.25) is 24.6 Å². The number of carboxylic acid groups (broad SMARTS) is 1. The van der Waals surface area contributed by atoms with Crippen molar-refractivity contribution in [1.29, 1.82) is 0 Å². The second-order valence-electron chi connectivity index (χ2n) is 10.2. The smallest absolute Gasteiger partial charge is 0.327 e. The van der Waals surface area contributed by atoms with Gasteiger partial charge in [0.15, 0.2) is 17.0 Å². The highest BCUT2D eigenvalue weighted by molar-refractivity contribution is 6.10. The van der Waals surface area contributed by atoms with Gasteiger partial charge in [-0.05, 0) is 44.0 Å². The predicted octanol–water partition coefficient (Wildman–Crippen LogP) is 2.79. The highest BCUT2D eigenvalue weighted by Gasteiger charge is 2.69. The zero-order valence-corrected chi connectivity index (χ0v) is 21.1. The molecule has 36 heavy (non-hydrogen) atoms. The van der Waals surface area contributed by atoms with Gasteiger partial charge in [-0.2, -0.15) is 0 Å². The molecule has 2 aromatic rings. The summed E-state index contributed by atoms with van der Waals surface area (Å²) in [4.78, 5) is 41.4. The van der Waals surface area contributed by atoms with E-state index in [9.17, 15) is 19.5 Å². The van der Waals surface area contributed by atoms with Gasteiger partial charge in [0.1, 0.15) is 0 Å². The molecule has 0 radical (unpaired) electrons. The Labute approximate surface area is 210 Å². The fraction of sp³-hybridized carbons (Fsp3) is 0.444. The topological polar surface area (TPSA) is 114 Å². The van der Waals surface area contributed by atoms with Crippen LogP contribution in [-0.2, 0) is 25.7 Å². The van der Waals surface area contributed by atoms with Crippen molar-refractivity contribution in [2.45, 2.75) is 44.5 Å². The Morgan fingerprint density at radius 1 is 1.03 bits per heavy atom. The van der Waals surface area contributed by atoms with E-state index in [1.807, 2.05) is 30.3 Å². The van der Waals surface area contributed by atoms with E-state index in [0.717, 1.165) is 5.56 Å². The predicted molar refractivity (Wildman–Crippen MR) is 130 cm³/mol. The number of imide groups is 1. The van der Waals surface area contributed by atoms with Gasteiger partial charge in [0.2, 0.25) is 11.8 Å². The molecule has 2 aliphatic rings. The van der Waals surface area contributed by atoms with Crippen LogP contribution in [0.5, 0.6) is 11.5 Å². The minimum Gasteiger partial charge on any atom is -0.493 e. The second kappa shape index (κ2) is 9.55. The quantitative estimate of drug-likeness (QED) is 0.537. The first-order chi connectivity index (χ1) is 17.0. The largest absolute Gasteiger partial charge is 0.493 e. The molecule has 4 unspecified atom stereocenters. The number of aliphatic carboxylic acids is 1. The summed E-state index contributed by atoms with van der Waals surface area (Å²) in [6.45, 7) is 5.16. The van der Waals surface area contributed by atoms with Gasteiger partial charge >= 0.3 is 5.97 Å². The SMILES string of the molecule is COc1ccc(C2NC(COCc3ccccc3)(C(=O)O)C3C(=O)N(C(C)(C)C)C(=O)C23)cc1OC. The Balaban J connectivity index is 1.77. The lowest BCUT2D eigenvalue weighted by Gasteiger charge is -2.35. The van der Waals surface area contributed by atoms with Crippen molar-refractivity contribution in [2.24, 2.45) is 11.8 Å². The van der Waals surface area contributed by atoms with Crippen LogP contribution in [0.3, 0.4) is 0 Å². The third-order valence-corrected chi connectivity index (χ3v) is 6.91. The van der Waals surface area contributed by atoms with E-state index in [4.69, 9.17) is 14.2 Å². The van der Waals surface area contributed by atoms with Gasteiger partial charge in [0.25, 0.3) is 0 Å². The fourth-order valence-corrected chi connectivity index (χ4v) is 5.29. The van der Waals surface area contributed by atoms with E-state index in [1.54, 1.807) is 39.0 Å². The fourth-order valence-electron chi connectivity index (χ4n) is 5.29. The molecule has 9 nitrogen and oxygen atoms in total. The van der Waals surface area contributed by atoms with Crippen molar-refractivity contribution in [3.63, 3.8) is 0 Å². The molecule has 2 amide bonds. The molecule has 192 valence electrons. The molecular weight excluding hydrogens is 464 g/mol. The minimum absolute atomic E-state index is 0.168. The lowest BCUT2D eigenvalue weighted by Crippen LogP contribution is -2.60. The summed E-state index contributed by atoms with van der Waals surface area (Å²) in [5, 5.41) is 13.6. The highest BCUT2D eigenvalue weighted by atomic mass is 16.5. The zero-order valence-electron chi connectivity index (χ0n) is 21.1. The number of benzene rings is 2. The molecule has 0 bridgehead atoms. The number of nitrogens with zero attached hydrogens (tertiary/aromatic N) is 1. The normalized spacial score (nSPS) is 25.7. The number of fused-ring (bicyclic) bond motifs is 1. The molecule has 2 aromatic carbocycles. The summed E-state index contributed by atoms with van der Waals surface area (Å²) in [5.41, 5.74) is -1.13. The average molecular weight is 497 g/mol. The summed E-state index contributed by atoms with van der Waals surface area (Å²) in [6, 6.07) is 13.7. The Morgan fingerprint density at radius 2 is 1.69 bits per heavy atom. The molecule has 2 fully saturated rings. The molecule has 0 saturated carbocycles. The summed E-state index contributed by atoms with van der Waals surface area (Å²) in [7, 11) is 3.01. The van der Waals surface area contributed by atoms with Gasteiger partial charge in [-0.15, -0.1) is 0 Å². The summed E-state index contributed by atoms with van der Waals surface area (Å²) in [6.07, 6.45) is 0. The number of amides is 2. The number of carbonyl (C=O) groups is 3. The van der Waals surface area contributed by atoms with Crippen LogP contribution in [0.4, 0.5) is 0 Å². The molecule has 0 aliphatic carbocycles. The average Bonchev–Trinajstić information content (AvgIpc) is 3.33. The highest BCUT2D eigenvalue weighted by Crippen LogP contribution is 2.51. The molecule has 2 N–H and O–H groups in total. The van der Waals surface area contributed by atoms with Crippen LogP contribution in [0.1, 0.15) is 37.9 Å². The van der Waals surface area contributed by atoms with E-state index >= 15 is 0 Å². The number of hydrogen-bond donors (Lipinski definition) is 2. The molecule has 4 rings (SSSR count).